The molecular formula is C12H22N4O3. The molecule has 1 heterocycles. The monoisotopic (exact) mass is 270 g/mol. The van der Waals surface area contributed by atoms with Crippen LogP contribution in [0.1, 0.15) is 29.5 Å². The van der Waals surface area contributed by atoms with E-state index in [2.05, 4.69) is 10.2 Å². The molecule has 0 spiro atoms. The minimum atomic E-state index is -0.290. The van der Waals surface area contributed by atoms with Gasteiger partial charge >= 0.3 is 0 Å². The molecule has 7 heteroatoms. The van der Waals surface area contributed by atoms with Crippen molar-refractivity contribution < 1.29 is 14.6 Å². The third-order valence-corrected chi connectivity index (χ3v) is 2.81. The van der Waals surface area contributed by atoms with Gasteiger partial charge in [0.25, 0.3) is 5.91 Å². The number of carbonyl (C=O) groups excluding carboxylic acids is 1. The Labute approximate surface area is 112 Å². The number of carbonyl (C=O) groups is 1. The Hall–Kier alpha value is -1.60. The van der Waals surface area contributed by atoms with Gasteiger partial charge < -0.3 is 20.5 Å². The minimum Gasteiger partial charge on any atom is -0.395 e. The lowest BCUT2D eigenvalue weighted by Gasteiger charge is -2.20. The Balaban J connectivity index is 2.83. The van der Waals surface area contributed by atoms with Crippen molar-refractivity contribution >= 4 is 11.6 Å². The normalized spacial score (nSPS) is 10.7. The van der Waals surface area contributed by atoms with E-state index in [1.54, 1.807) is 7.11 Å². The lowest BCUT2D eigenvalue weighted by molar-refractivity contribution is 0.0652. The number of anilines is 1. The second kappa shape index (κ2) is 7.75. The Morgan fingerprint density at radius 1 is 1.53 bits per heavy atom. The number of aromatic amines is 1. The molecule has 7 nitrogen and oxygen atoms in total. The number of ether oxygens (including phenoxy) is 1. The third kappa shape index (κ3) is 3.93. The topological polar surface area (TPSA) is 104 Å². The number of aliphatic hydroxyl groups excluding tert-OH is 1. The van der Waals surface area contributed by atoms with E-state index >= 15 is 0 Å². The Morgan fingerprint density at radius 2 is 2.26 bits per heavy atom. The molecule has 0 saturated carbocycles. The van der Waals surface area contributed by atoms with E-state index in [1.807, 2.05) is 6.92 Å². The van der Waals surface area contributed by atoms with Crippen LogP contribution < -0.4 is 5.73 Å². The maximum atomic E-state index is 12.3. The van der Waals surface area contributed by atoms with E-state index in [1.165, 1.54) is 4.90 Å². The zero-order valence-corrected chi connectivity index (χ0v) is 11.5. The molecule has 0 fully saturated rings. The number of aryl methyl sites for hydroxylation is 1. The molecule has 19 heavy (non-hydrogen) atoms. The summed E-state index contributed by atoms with van der Waals surface area (Å²) in [5, 5.41) is 15.8. The number of H-pyrrole nitrogens is 1. The highest BCUT2D eigenvalue weighted by atomic mass is 16.5. The zero-order valence-electron chi connectivity index (χ0n) is 11.5. The molecule has 4 N–H and O–H groups in total. The van der Waals surface area contributed by atoms with Crippen LogP contribution in [0.2, 0.25) is 0 Å². The highest BCUT2D eigenvalue weighted by Crippen LogP contribution is 2.17. The van der Waals surface area contributed by atoms with Gasteiger partial charge in [0.15, 0.2) is 5.69 Å². The van der Waals surface area contributed by atoms with Gasteiger partial charge in [0.1, 0.15) is 0 Å². The van der Waals surface area contributed by atoms with Crippen LogP contribution in [-0.2, 0) is 11.2 Å². The Morgan fingerprint density at radius 3 is 2.84 bits per heavy atom. The van der Waals surface area contributed by atoms with Crippen molar-refractivity contribution in [2.45, 2.75) is 19.8 Å². The average molecular weight is 270 g/mol. The molecule has 1 aromatic heterocycles. The summed E-state index contributed by atoms with van der Waals surface area (Å²) in [6.07, 6.45) is 1.67. The first-order chi connectivity index (χ1) is 9.15. The second-order valence-electron chi connectivity index (χ2n) is 4.22. The number of nitrogens with one attached hydrogen (secondary N) is 1. The fraction of sp³-hybridized carbons (Fsp3) is 0.667. The number of aliphatic hydroxyl groups is 1. The lowest BCUT2D eigenvalue weighted by atomic mass is 10.2. The smallest absolute Gasteiger partial charge is 0.276 e. The molecule has 0 aliphatic heterocycles. The first kappa shape index (κ1) is 15.5. The number of amides is 1. The van der Waals surface area contributed by atoms with Crippen LogP contribution in [0.25, 0.3) is 0 Å². The molecular weight excluding hydrogens is 248 g/mol. The molecule has 0 aliphatic carbocycles. The summed E-state index contributed by atoms with van der Waals surface area (Å²) in [6.45, 7) is 2.95. The van der Waals surface area contributed by atoms with Crippen LogP contribution in [-0.4, -0.2) is 59.5 Å². The number of hydrogen-bond donors (Lipinski definition) is 3. The summed E-state index contributed by atoms with van der Waals surface area (Å²) in [5.74, 6) is -0.290. The minimum absolute atomic E-state index is 0.110. The Bertz CT molecular complexity index is 406. The number of aromatic nitrogens is 2. The second-order valence-corrected chi connectivity index (χ2v) is 4.22. The van der Waals surface area contributed by atoms with Crippen molar-refractivity contribution in [1.29, 1.82) is 0 Å². The fourth-order valence-electron chi connectivity index (χ4n) is 1.78. The summed E-state index contributed by atoms with van der Waals surface area (Å²) < 4.78 is 4.94. The Kier molecular flexibility index (Phi) is 6.31. The average Bonchev–Trinajstić information content (AvgIpc) is 2.76. The van der Waals surface area contributed by atoms with Gasteiger partial charge in [-0.05, 0) is 6.42 Å². The summed E-state index contributed by atoms with van der Waals surface area (Å²) >= 11 is 0. The molecule has 0 radical (unpaired) electrons. The number of nitrogens with zero attached hydrogens (tertiary/aromatic N) is 2. The maximum Gasteiger partial charge on any atom is 0.276 e. The molecule has 0 unspecified atom stereocenters. The van der Waals surface area contributed by atoms with Gasteiger partial charge in [-0.25, -0.2) is 0 Å². The highest BCUT2D eigenvalue weighted by Gasteiger charge is 2.22. The van der Waals surface area contributed by atoms with Crippen molar-refractivity contribution in [3.8, 4) is 0 Å². The van der Waals surface area contributed by atoms with Crippen molar-refractivity contribution in [2.75, 3.05) is 39.1 Å². The molecule has 0 atom stereocenters. The third-order valence-electron chi connectivity index (χ3n) is 2.81. The molecule has 0 aromatic carbocycles. The van der Waals surface area contributed by atoms with E-state index < -0.39 is 0 Å². The maximum absolute atomic E-state index is 12.3. The zero-order chi connectivity index (χ0) is 14.3. The number of nitrogen functional groups attached to an aromatic ring is 1. The molecule has 1 amide bonds. The van der Waals surface area contributed by atoms with Gasteiger partial charge in [0, 0.05) is 20.2 Å². The lowest BCUT2D eigenvalue weighted by Crippen LogP contribution is -2.36. The van der Waals surface area contributed by atoms with Crippen molar-refractivity contribution in [2.24, 2.45) is 0 Å². The molecule has 1 aromatic rings. The predicted octanol–water partition coefficient (Wildman–Crippen LogP) is 0.0253. The van der Waals surface area contributed by atoms with Crippen LogP contribution in [0.3, 0.4) is 0 Å². The molecule has 0 bridgehead atoms. The standard InChI is InChI=1S/C12H22N4O3/c1-3-4-9-10(13)11(15-14-9)12(18)16(5-7-17)6-8-19-2/h17H,3-8,13H2,1-2H3,(H,14,15). The number of methoxy groups -OCH3 is 1. The van der Waals surface area contributed by atoms with Gasteiger partial charge in [0.05, 0.1) is 24.6 Å². The summed E-state index contributed by atoms with van der Waals surface area (Å²) in [7, 11) is 1.56. The highest BCUT2D eigenvalue weighted by molar-refractivity contribution is 5.97. The SMILES string of the molecule is CCCc1[nH]nc(C(=O)N(CCO)CCOC)c1N. The van der Waals surface area contributed by atoms with Crippen molar-refractivity contribution in [1.82, 2.24) is 15.1 Å². The van der Waals surface area contributed by atoms with Gasteiger partial charge in [-0.2, -0.15) is 5.10 Å². The van der Waals surface area contributed by atoms with E-state index in [0.717, 1.165) is 18.5 Å². The summed E-state index contributed by atoms with van der Waals surface area (Å²) in [4.78, 5) is 13.8. The number of nitrogens with two attached hydrogens (primary N) is 1. The van der Waals surface area contributed by atoms with Gasteiger partial charge in [-0.1, -0.05) is 13.3 Å². The van der Waals surface area contributed by atoms with E-state index in [4.69, 9.17) is 15.6 Å². The molecule has 0 aliphatic rings. The van der Waals surface area contributed by atoms with Gasteiger partial charge in [-0.3, -0.25) is 9.89 Å². The van der Waals surface area contributed by atoms with E-state index in [-0.39, 0.29) is 24.8 Å². The molecule has 1 rings (SSSR count). The van der Waals surface area contributed by atoms with Crippen LogP contribution in [0.4, 0.5) is 5.69 Å². The summed E-state index contributed by atoms with van der Waals surface area (Å²) in [6, 6.07) is 0. The molecule has 0 saturated heterocycles. The van der Waals surface area contributed by atoms with Crippen LogP contribution in [0.15, 0.2) is 0 Å². The summed E-state index contributed by atoms with van der Waals surface area (Å²) in [5.41, 5.74) is 7.31. The van der Waals surface area contributed by atoms with E-state index in [9.17, 15) is 4.79 Å². The largest absolute Gasteiger partial charge is 0.395 e. The first-order valence-electron chi connectivity index (χ1n) is 6.37. The predicted molar refractivity (Wildman–Crippen MR) is 71.9 cm³/mol. The van der Waals surface area contributed by atoms with Crippen molar-refractivity contribution in [3.63, 3.8) is 0 Å². The quantitative estimate of drug-likeness (QED) is 0.618. The van der Waals surface area contributed by atoms with Crippen molar-refractivity contribution in [3.05, 3.63) is 11.4 Å². The number of hydrogen-bond acceptors (Lipinski definition) is 5. The first-order valence-corrected chi connectivity index (χ1v) is 6.37. The van der Waals surface area contributed by atoms with Crippen LogP contribution in [0.5, 0.6) is 0 Å². The van der Waals surface area contributed by atoms with E-state index in [0.29, 0.717) is 18.8 Å². The molecule has 108 valence electrons. The van der Waals surface area contributed by atoms with Gasteiger partial charge in [-0.15, -0.1) is 0 Å². The fourth-order valence-corrected chi connectivity index (χ4v) is 1.78. The van der Waals surface area contributed by atoms with Crippen LogP contribution in [0, 0.1) is 0 Å². The van der Waals surface area contributed by atoms with Gasteiger partial charge in [0.2, 0.25) is 0 Å². The van der Waals surface area contributed by atoms with Crippen LogP contribution >= 0.6 is 0 Å². The number of rotatable bonds is 8.